The van der Waals surface area contributed by atoms with E-state index in [-0.39, 0.29) is 12.0 Å². The first-order valence-electron chi connectivity index (χ1n) is 19.0. The van der Waals surface area contributed by atoms with Crippen molar-refractivity contribution in [2.45, 2.75) is 151 Å². The zero-order chi connectivity index (χ0) is 38.3. The van der Waals surface area contributed by atoms with Crippen LogP contribution in [0.15, 0.2) is 36.5 Å². The van der Waals surface area contributed by atoms with Gasteiger partial charge in [0.25, 0.3) is 0 Å². The summed E-state index contributed by atoms with van der Waals surface area (Å²) >= 11 is 0. The Morgan fingerprint density at radius 3 is 2.26 bits per heavy atom. The van der Waals surface area contributed by atoms with Crippen LogP contribution in [0.1, 0.15) is 83.1 Å². The number of carbonyl (C=O) groups excluding carboxylic acids is 1. The van der Waals surface area contributed by atoms with Crippen LogP contribution in [-0.2, 0) is 25.4 Å². The van der Waals surface area contributed by atoms with Gasteiger partial charge < -0.3 is 70.1 Å². The number of aromatic amines is 1. The summed E-state index contributed by atoms with van der Waals surface area (Å²) in [6.45, 7) is 1.33. The molecular weight excluding hydrogens is 692 g/mol. The molecule has 0 bridgehead atoms. The lowest BCUT2D eigenvalue weighted by Gasteiger charge is -2.42. The second kappa shape index (κ2) is 22.0. The molecule has 15 nitrogen and oxygen atoms in total. The standard InChI is InChI=1S/C38H60N2O13/c1-2-24(42)13-11-9-7-5-3-4-6-8-10-12-14-30(43)39-18-17-23-20-40-27-16-15-25(19-26(23)27)51-38-36(49)34(47)32(45)29(53-38)22-50-37-35(48)33(46)31(44)28(21-41)52-37/h5,7,15-16,19-20,24,28-29,31-38,40-42,44-49H,2-4,6,8-14,17-18,21-22H2,1H3,(H,39,43)/t24?,28?,29?,31-,32-,33+,34+,35?,36?,37+,38+/m1/s1. The van der Waals surface area contributed by atoms with Crippen molar-refractivity contribution < 1.29 is 64.6 Å². The molecule has 0 radical (unpaired) electrons. The largest absolute Gasteiger partial charge is 0.462 e. The lowest BCUT2D eigenvalue weighted by molar-refractivity contribution is -0.323. The Bertz CT molecular complexity index is 1390. The fraction of sp³-hybridized carbons (Fsp3) is 0.711. The molecule has 2 aromatic rings. The number of nitrogens with one attached hydrogen (secondary N) is 2. The molecule has 10 N–H and O–H groups in total. The number of carbonyl (C=O) groups is 1. The second-order valence-electron chi connectivity index (χ2n) is 14.1. The van der Waals surface area contributed by atoms with E-state index in [1.807, 2.05) is 13.1 Å². The van der Waals surface area contributed by atoms with Crippen molar-refractivity contribution in [1.29, 1.82) is 0 Å². The number of aliphatic hydroxyl groups excluding tert-OH is 8. The predicted octanol–water partition coefficient (Wildman–Crippen LogP) is 1.06. The van der Waals surface area contributed by atoms with E-state index in [4.69, 9.17) is 18.9 Å². The summed E-state index contributed by atoms with van der Waals surface area (Å²) < 4.78 is 22.5. The van der Waals surface area contributed by atoms with Gasteiger partial charge in [0.2, 0.25) is 12.2 Å². The Balaban J connectivity index is 1.17. The van der Waals surface area contributed by atoms with Gasteiger partial charge in [-0.05, 0) is 75.1 Å². The minimum absolute atomic E-state index is 0.0132. The summed E-state index contributed by atoms with van der Waals surface area (Å²) in [6.07, 6.45) is 1.98. The fourth-order valence-electron chi connectivity index (χ4n) is 6.53. The molecule has 4 rings (SSSR count). The molecule has 53 heavy (non-hydrogen) atoms. The lowest BCUT2D eigenvalue weighted by atomic mass is 9.98. The van der Waals surface area contributed by atoms with Crippen LogP contribution in [0, 0.1) is 0 Å². The molecule has 11 atom stereocenters. The van der Waals surface area contributed by atoms with Crippen LogP contribution in [0.5, 0.6) is 5.75 Å². The Morgan fingerprint density at radius 1 is 0.868 bits per heavy atom. The molecule has 1 aromatic carbocycles. The minimum atomic E-state index is -1.68. The summed E-state index contributed by atoms with van der Waals surface area (Å²) in [6, 6.07) is 5.17. The van der Waals surface area contributed by atoms with Gasteiger partial charge in [-0.15, -0.1) is 0 Å². The van der Waals surface area contributed by atoms with Crippen LogP contribution < -0.4 is 10.1 Å². The minimum Gasteiger partial charge on any atom is -0.462 e. The highest BCUT2D eigenvalue weighted by atomic mass is 16.7. The van der Waals surface area contributed by atoms with Crippen molar-refractivity contribution >= 4 is 16.8 Å². The van der Waals surface area contributed by atoms with Crippen LogP contribution in [0.25, 0.3) is 10.9 Å². The molecule has 15 heteroatoms. The van der Waals surface area contributed by atoms with Crippen LogP contribution in [-0.4, -0.2) is 139 Å². The van der Waals surface area contributed by atoms with Gasteiger partial charge in [-0.2, -0.15) is 0 Å². The van der Waals surface area contributed by atoms with Crippen LogP contribution in [0.2, 0.25) is 0 Å². The summed E-state index contributed by atoms with van der Waals surface area (Å²) in [7, 11) is 0. The van der Waals surface area contributed by atoms with Crippen molar-refractivity contribution in [1.82, 2.24) is 10.3 Å². The summed E-state index contributed by atoms with van der Waals surface area (Å²) in [5, 5.41) is 84.8. The monoisotopic (exact) mass is 752 g/mol. The number of unbranched alkanes of at least 4 members (excludes halogenated alkanes) is 6. The molecule has 0 saturated carbocycles. The number of hydrogen-bond donors (Lipinski definition) is 10. The number of aliphatic hydroxyl groups is 8. The maximum atomic E-state index is 12.4. The number of rotatable bonds is 22. The lowest BCUT2D eigenvalue weighted by Crippen LogP contribution is -2.62. The van der Waals surface area contributed by atoms with Gasteiger partial charge in [-0.25, -0.2) is 0 Å². The highest BCUT2D eigenvalue weighted by Gasteiger charge is 2.48. The highest BCUT2D eigenvalue weighted by molar-refractivity contribution is 5.84. The first-order valence-corrected chi connectivity index (χ1v) is 19.0. The van der Waals surface area contributed by atoms with Crippen LogP contribution in [0.4, 0.5) is 0 Å². The average Bonchev–Trinajstić information content (AvgIpc) is 3.56. The number of ether oxygens (including phenoxy) is 4. The zero-order valence-corrected chi connectivity index (χ0v) is 30.5. The first kappa shape index (κ1) is 43.1. The maximum absolute atomic E-state index is 12.4. The van der Waals surface area contributed by atoms with Gasteiger partial charge in [0.1, 0.15) is 54.6 Å². The molecule has 2 aliphatic heterocycles. The SMILES string of the molecule is CCC(O)CCCC=CCCCCCCCC(=O)NCCc1c[nH]c2ccc(O[C@H]3OC(CO[C@H]4OC(CO)[C@@H](O)[C@H](O)C4O)[C@@H](O)[C@H](O)C3O)cc12. The molecule has 0 aliphatic carbocycles. The van der Waals surface area contributed by atoms with E-state index in [1.54, 1.807) is 18.2 Å². The zero-order valence-electron chi connectivity index (χ0n) is 30.5. The van der Waals surface area contributed by atoms with E-state index in [1.165, 1.54) is 0 Å². The summed E-state index contributed by atoms with van der Waals surface area (Å²) in [4.78, 5) is 15.6. The molecule has 2 fully saturated rings. The van der Waals surface area contributed by atoms with E-state index < -0.39 is 74.6 Å². The maximum Gasteiger partial charge on any atom is 0.229 e. The molecule has 0 spiro atoms. The van der Waals surface area contributed by atoms with E-state index in [9.17, 15) is 45.6 Å². The number of H-pyrrole nitrogens is 1. The molecule has 2 aliphatic rings. The topological polar surface area (TPSA) is 244 Å². The van der Waals surface area contributed by atoms with Gasteiger partial charge in [0.05, 0.1) is 19.3 Å². The third kappa shape index (κ3) is 12.7. The van der Waals surface area contributed by atoms with Gasteiger partial charge in [0, 0.05) is 30.1 Å². The third-order valence-electron chi connectivity index (χ3n) is 9.97. The van der Waals surface area contributed by atoms with E-state index in [0.717, 1.165) is 80.7 Å². The van der Waals surface area contributed by atoms with Gasteiger partial charge >= 0.3 is 0 Å². The first-order chi connectivity index (χ1) is 25.5. The van der Waals surface area contributed by atoms with E-state index in [2.05, 4.69) is 22.5 Å². The molecule has 300 valence electrons. The van der Waals surface area contributed by atoms with Crippen molar-refractivity contribution in [3.8, 4) is 5.75 Å². The van der Waals surface area contributed by atoms with Gasteiger partial charge in [0.15, 0.2) is 6.29 Å². The predicted molar refractivity (Wildman–Crippen MR) is 194 cm³/mol. The number of benzene rings is 1. The molecule has 5 unspecified atom stereocenters. The van der Waals surface area contributed by atoms with E-state index >= 15 is 0 Å². The highest BCUT2D eigenvalue weighted by Crippen LogP contribution is 2.29. The Kier molecular flexibility index (Phi) is 17.9. The molecule has 1 amide bonds. The van der Waals surface area contributed by atoms with Gasteiger partial charge in [-0.3, -0.25) is 4.79 Å². The normalized spacial score (nSPS) is 29.8. The fourth-order valence-corrected chi connectivity index (χ4v) is 6.53. The summed E-state index contributed by atoms with van der Waals surface area (Å²) in [5.74, 6) is 0.321. The van der Waals surface area contributed by atoms with Crippen molar-refractivity contribution in [3.63, 3.8) is 0 Å². The smallest absolute Gasteiger partial charge is 0.229 e. The number of hydrogen-bond acceptors (Lipinski definition) is 13. The van der Waals surface area contributed by atoms with Crippen LogP contribution >= 0.6 is 0 Å². The molecule has 3 heterocycles. The number of amides is 1. The number of allylic oxidation sites excluding steroid dienone is 2. The number of aromatic nitrogens is 1. The Morgan fingerprint density at radius 2 is 1.53 bits per heavy atom. The quantitative estimate of drug-likeness (QED) is 0.0599. The third-order valence-corrected chi connectivity index (χ3v) is 9.97. The Hall–Kier alpha value is -2.67. The molecule has 1 aromatic heterocycles. The van der Waals surface area contributed by atoms with Crippen LogP contribution in [0.3, 0.4) is 0 Å². The second-order valence-corrected chi connectivity index (χ2v) is 14.1. The van der Waals surface area contributed by atoms with Crippen molar-refractivity contribution in [3.05, 3.63) is 42.1 Å². The number of fused-ring (bicyclic) bond motifs is 1. The van der Waals surface area contributed by atoms with Crippen molar-refractivity contribution in [2.24, 2.45) is 0 Å². The summed E-state index contributed by atoms with van der Waals surface area (Å²) in [5.41, 5.74) is 1.76. The van der Waals surface area contributed by atoms with E-state index in [0.29, 0.717) is 25.1 Å². The van der Waals surface area contributed by atoms with Crippen molar-refractivity contribution in [2.75, 3.05) is 19.8 Å². The molecule has 2 saturated heterocycles. The van der Waals surface area contributed by atoms with Gasteiger partial charge in [-0.1, -0.05) is 38.3 Å². The average molecular weight is 753 g/mol. The Labute approximate surface area is 310 Å². The molecular formula is C38H60N2O13.